The fourth-order valence-corrected chi connectivity index (χ4v) is 0.689. The van der Waals surface area contributed by atoms with E-state index < -0.39 is 0 Å². The number of ether oxygens (including phenoxy) is 2. The second kappa shape index (κ2) is 6.15. The van der Waals surface area contributed by atoms with E-state index in [1.165, 1.54) is 0 Å². The highest BCUT2D eigenvalue weighted by molar-refractivity contribution is 5.35. The highest BCUT2D eigenvalue weighted by Gasteiger charge is 1.98. The van der Waals surface area contributed by atoms with Gasteiger partial charge in [0.15, 0.2) is 11.5 Å². The maximum atomic E-state index is 8.00. The molecule has 0 aliphatic carbocycles. The first kappa shape index (κ1) is 10.4. The van der Waals surface area contributed by atoms with Gasteiger partial charge in [-0.15, -0.1) is 0 Å². The van der Waals surface area contributed by atoms with Gasteiger partial charge in [0.2, 0.25) is 0 Å². The summed E-state index contributed by atoms with van der Waals surface area (Å²) < 4.78 is 9.92. The van der Waals surface area contributed by atoms with Gasteiger partial charge in [-0.3, -0.25) is 4.98 Å². The molecule has 4 nitrogen and oxygen atoms in total. The fourth-order valence-electron chi connectivity index (χ4n) is 0.689. The van der Waals surface area contributed by atoms with Crippen LogP contribution in [0.4, 0.5) is 0 Å². The number of hydrogen-bond donors (Lipinski definition) is 0. The number of aromatic nitrogens is 1. The number of pyridine rings is 1. The molecular formula is C8H11NO3. The van der Waals surface area contributed by atoms with E-state index in [0.717, 1.165) is 0 Å². The van der Waals surface area contributed by atoms with Crippen molar-refractivity contribution in [3.63, 3.8) is 0 Å². The summed E-state index contributed by atoms with van der Waals surface area (Å²) in [6.45, 7) is 2.00. The van der Waals surface area contributed by atoms with Gasteiger partial charge in [0.25, 0.3) is 0 Å². The lowest BCUT2D eigenvalue weighted by Crippen LogP contribution is -1.89. The van der Waals surface area contributed by atoms with E-state index >= 15 is 0 Å². The molecule has 0 aromatic carbocycles. The van der Waals surface area contributed by atoms with Gasteiger partial charge in [-0.2, -0.15) is 0 Å². The largest absolute Gasteiger partial charge is 0.493 e. The molecule has 0 aliphatic rings. The number of methoxy groups -OCH3 is 2. The van der Waals surface area contributed by atoms with Crippen LogP contribution in [0.15, 0.2) is 18.5 Å². The molecule has 0 aliphatic heterocycles. The zero-order valence-corrected chi connectivity index (χ0v) is 7.11. The molecule has 0 bridgehead atoms. The Bertz CT molecular complexity index is 204. The quantitative estimate of drug-likeness (QED) is 0.660. The SMILES string of the molecule is C=O.COc1ccncc1OC. The minimum Gasteiger partial charge on any atom is -0.493 e. The van der Waals surface area contributed by atoms with Gasteiger partial charge in [0.05, 0.1) is 20.4 Å². The summed E-state index contributed by atoms with van der Waals surface area (Å²) in [5.74, 6) is 1.36. The second-order valence-electron chi connectivity index (χ2n) is 1.73. The number of carbonyl (C=O) groups is 1. The average Bonchev–Trinajstić information content (AvgIpc) is 2.20. The van der Waals surface area contributed by atoms with Gasteiger partial charge in [0.1, 0.15) is 6.79 Å². The van der Waals surface area contributed by atoms with E-state index in [9.17, 15) is 0 Å². The van der Waals surface area contributed by atoms with Crippen LogP contribution in [0.5, 0.6) is 11.5 Å². The molecule has 0 unspecified atom stereocenters. The number of nitrogens with zero attached hydrogens (tertiary/aromatic N) is 1. The van der Waals surface area contributed by atoms with Crippen molar-refractivity contribution in [3.8, 4) is 11.5 Å². The van der Waals surface area contributed by atoms with Crippen molar-refractivity contribution in [2.24, 2.45) is 0 Å². The maximum absolute atomic E-state index is 8.00. The molecule has 0 spiro atoms. The summed E-state index contributed by atoms with van der Waals surface area (Å²) in [6.07, 6.45) is 3.26. The van der Waals surface area contributed by atoms with Crippen molar-refractivity contribution in [1.82, 2.24) is 4.98 Å². The van der Waals surface area contributed by atoms with Crippen LogP contribution < -0.4 is 9.47 Å². The molecule has 1 aromatic rings. The molecule has 0 saturated carbocycles. The Morgan fingerprint density at radius 3 is 2.25 bits per heavy atom. The van der Waals surface area contributed by atoms with Crippen LogP contribution in [0.3, 0.4) is 0 Å². The molecular weight excluding hydrogens is 158 g/mol. The van der Waals surface area contributed by atoms with Crippen LogP contribution in [0.1, 0.15) is 0 Å². The predicted molar refractivity (Wildman–Crippen MR) is 44.5 cm³/mol. The smallest absolute Gasteiger partial charge is 0.179 e. The zero-order chi connectivity index (χ0) is 9.40. The Morgan fingerprint density at radius 2 is 1.83 bits per heavy atom. The first-order valence-corrected chi connectivity index (χ1v) is 3.19. The average molecular weight is 169 g/mol. The molecule has 0 N–H and O–H groups in total. The molecule has 0 atom stereocenters. The van der Waals surface area contributed by atoms with Crippen molar-refractivity contribution in [3.05, 3.63) is 18.5 Å². The fraction of sp³-hybridized carbons (Fsp3) is 0.250. The molecule has 0 fully saturated rings. The first-order chi connectivity index (χ1) is 5.88. The summed E-state index contributed by atoms with van der Waals surface area (Å²) >= 11 is 0. The van der Waals surface area contributed by atoms with Crippen LogP contribution in [0.2, 0.25) is 0 Å². The molecule has 12 heavy (non-hydrogen) atoms. The second-order valence-corrected chi connectivity index (χ2v) is 1.73. The molecule has 66 valence electrons. The summed E-state index contributed by atoms with van der Waals surface area (Å²) in [7, 11) is 3.18. The minimum absolute atomic E-state index is 0.657. The maximum Gasteiger partial charge on any atom is 0.179 e. The lowest BCUT2D eigenvalue weighted by atomic mass is 10.4. The topological polar surface area (TPSA) is 48.4 Å². The Hall–Kier alpha value is -1.58. The molecule has 1 rings (SSSR count). The van der Waals surface area contributed by atoms with E-state index in [1.54, 1.807) is 32.7 Å². The lowest BCUT2D eigenvalue weighted by molar-refractivity contribution is -0.0979. The number of hydrogen-bond acceptors (Lipinski definition) is 4. The Balaban J connectivity index is 0.000000561. The van der Waals surface area contributed by atoms with Crippen LogP contribution in [0.25, 0.3) is 0 Å². The van der Waals surface area contributed by atoms with Crippen molar-refractivity contribution in [2.45, 2.75) is 0 Å². The monoisotopic (exact) mass is 169 g/mol. The van der Waals surface area contributed by atoms with Gasteiger partial charge in [-0.1, -0.05) is 0 Å². The van der Waals surface area contributed by atoms with Gasteiger partial charge >= 0.3 is 0 Å². The molecule has 1 heterocycles. The van der Waals surface area contributed by atoms with Gasteiger partial charge in [-0.05, 0) is 0 Å². The third kappa shape index (κ3) is 2.57. The van der Waals surface area contributed by atoms with Gasteiger partial charge in [-0.25, -0.2) is 0 Å². The zero-order valence-electron chi connectivity index (χ0n) is 7.11. The van der Waals surface area contributed by atoms with Crippen molar-refractivity contribution >= 4 is 6.79 Å². The summed E-state index contributed by atoms with van der Waals surface area (Å²) in [5.41, 5.74) is 0. The molecule has 1 aromatic heterocycles. The Morgan fingerprint density at radius 1 is 1.25 bits per heavy atom. The standard InChI is InChI=1S/C7H9NO2.CH2O/c1-9-6-3-4-8-5-7(6)10-2;1-2/h3-5H,1-2H3;1H2. The highest BCUT2D eigenvalue weighted by atomic mass is 16.5. The Labute approximate surface area is 71.1 Å². The van der Waals surface area contributed by atoms with Crippen LogP contribution >= 0.6 is 0 Å². The summed E-state index contributed by atoms with van der Waals surface area (Å²) in [5, 5.41) is 0. The van der Waals surface area contributed by atoms with Crippen LogP contribution in [0, 0.1) is 0 Å². The first-order valence-electron chi connectivity index (χ1n) is 3.19. The van der Waals surface area contributed by atoms with Crippen molar-refractivity contribution < 1.29 is 14.3 Å². The molecule has 0 radical (unpaired) electrons. The predicted octanol–water partition coefficient (Wildman–Crippen LogP) is 0.914. The minimum atomic E-state index is 0.657. The summed E-state index contributed by atoms with van der Waals surface area (Å²) in [6, 6.07) is 1.75. The molecule has 0 amide bonds. The number of carbonyl (C=O) groups excluding carboxylic acids is 1. The summed E-state index contributed by atoms with van der Waals surface area (Å²) in [4.78, 5) is 11.9. The lowest BCUT2D eigenvalue weighted by Gasteiger charge is -2.03. The van der Waals surface area contributed by atoms with E-state index in [1.807, 2.05) is 6.79 Å². The molecule has 4 heteroatoms. The normalized spacial score (nSPS) is 7.83. The van der Waals surface area contributed by atoms with E-state index in [-0.39, 0.29) is 0 Å². The highest BCUT2D eigenvalue weighted by Crippen LogP contribution is 2.23. The van der Waals surface area contributed by atoms with Gasteiger partial charge in [0, 0.05) is 12.3 Å². The van der Waals surface area contributed by atoms with Crippen molar-refractivity contribution in [2.75, 3.05) is 14.2 Å². The van der Waals surface area contributed by atoms with Crippen LogP contribution in [-0.2, 0) is 4.79 Å². The number of rotatable bonds is 2. The third-order valence-electron chi connectivity index (χ3n) is 1.19. The van der Waals surface area contributed by atoms with Gasteiger partial charge < -0.3 is 14.3 Å². The van der Waals surface area contributed by atoms with E-state index in [2.05, 4.69) is 4.98 Å². The third-order valence-corrected chi connectivity index (χ3v) is 1.19. The van der Waals surface area contributed by atoms with Crippen LogP contribution in [-0.4, -0.2) is 26.0 Å². The Kier molecular flexibility index (Phi) is 5.34. The molecule has 0 saturated heterocycles. The van der Waals surface area contributed by atoms with Crippen molar-refractivity contribution in [1.29, 1.82) is 0 Å². The van der Waals surface area contributed by atoms with E-state index in [4.69, 9.17) is 14.3 Å². The van der Waals surface area contributed by atoms with E-state index in [0.29, 0.717) is 11.5 Å².